The molecule has 0 bridgehead atoms. The normalized spacial score (nSPS) is 11.3. The minimum absolute atomic E-state index is 0.797. The van der Waals surface area contributed by atoms with E-state index in [0.717, 1.165) is 112 Å². The average molecular weight is 1790 g/mol. The van der Waals surface area contributed by atoms with Crippen molar-refractivity contribution in [1.82, 2.24) is 24.9 Å². The highest BCUT2D eigenvalue weighted by atomic mass is 32.2. The fourth-order valence-electron chi connectivity index (χ4n) is 17.4. The molecule has 0 aliphatic rings. The lowest BCUT2D eigenvalue weighted by Crippen LogP contribution is -1.97. The highest BCUT2D eigenvalue weighted by molar-refractivity contribution is 7.99. The van der Waals surface area contributed by atoms with E-state index in [9.17, 15) is 0 Å². The van der Waals surface area contributed by atoms with E-state index in [-0.39, 0.29) is 0 Å². The molecule has 0 radical (unpaired) electrons. The number of rotatable bonds is 56. The first kappa shape index (κ1) is 102. The first-order chi connectivity index (χ1) is 64.7. The number of benzene rings is 10. The number of thioether (sulfide) groups is 1. The molecular formula is C122H157N5O2S2. The minimum Gasteiger partial charge on any atom is -0.494 e. The van der Waals surface area contributed by atoms with Crippen molar-refractivity contribution in [2.24, 2.45) is 0 Å². The number of hydrogen-bond acceptors (Lipinski definition) is 9. The molecule has 7 nitrogen and oxygen atoms in total. The van der Waals surface area contributed by atoms with Crippen molar-refractivity contribution in [1.29, 1.82) is 0 Å². The van der Waals surface area contributed by atoms with Crippen LogP contribution in [0, 0.1) is 0 Å². The number of aryl methyl sites for hydroxylation is 4. The van der Waals surface area contributed by atoms with E-state index in [1.807, 2.05) is 42.2 Å². The molecule has 0 atom stereocenters. The minimum atomic E-state index is 0.797. The van der Waals surface area contributed by atoms with Gasteiger partial charge in [0.25, 0.3) is 0 Å². The van der Waals surface area contributed by atoms with Gasteiger partial charge in [-0.05, 0) is 241 Å². The number of para-hydroxylation sites is 2. The molecule has 0 saturated carbocycles. The first-order valence-electron chi connectivity index (χ1n) is 51.9. The molecule has 0 aliphatic heterocycles. The van der Waals surface area contributed by atoms with Crippen LogP contribution in [-0.2, 0) is 25.7 Å². The average Bonchev–Trinajstić information content (AvgIpc) is 1.79. The number of aromatic nitrogens is 5. The summed E-state index contributed by atoms with van der Waals surface area (Å²) in [4.78, 5) is 25.4. The van der Waals surface area contributed by atoms with E-state index >= 15 is 0 Å². The number of nitrogens with zero attached hydrogens (tertiary/aromatic N) is 5. The topological polar surface area (TPSA) is 82.9 Å². The maximum atomic E-state index is 5.92. The third kappa shape index (κ3) is 36.4. The predicted molar refractivity (Wildman–Crippen MR) is 573 cm³/mol. The molecule has 0 unspecified atom stereocenters. The Balaban J connectivity index is 0.000000169. The lowest BCUT2D eigenvalue weighted by molar-refractivity contribution is 0.304. The molecule has 10 aromatic carbocycles. The largest absolute Gasteiger partial charge is 0.494 e. The molecule has 0 amide bonds. The summed E-state index contributed by atoms with van der Waals surface area (Å²) < 4.78 is 13.0. The fourth-order valence-corrected chi connectivity index (χ4v) is 19.4. The summed E-state index contributed by atoms with van der Waals surface area (Å²) in [6.07, 6.45) is 61.5. The van der Waals surface area contributed by atoms with Gasteiger partial charge in [-0.3, -0.25) is 4.98 Å². The first-order valence-corrected chi connectivity index (χ1v) is 53.7. The molecule has 0 N–H and O–H groups in total. The Morgan fingerprint density at radius 3 is 1.14 bits per heavy atom. The second-order valence-electron chi connectivity index (χ2n) is 36.6. The Morgan fingerprint density at radius 2 is 0.618 bits per heavy atom. The van der Waals surface area contributed by atoms with Crippen LogP contribution in [0.4, 0.5) is 0 Å². The van der Waals surface area contributed by atoms with Crippen LogP contribution in [-0.4, -0.2) is 43.9 Å². The summed E-state index contributed by atoms with van der Waals surface area (Å²) >= 11 is 3.79. The fraction of sp³-hybridized carbons (Fsp3) is 0.451. The Kier molecular flexibility index (Phi) is 47.2. The summed E-state index contributed by atoms with van der Waals surface area (Å²) in [6.45, 7) is 17.4. The summed E-state index contributed by atoms with van der Waals surface area (Å²) in [5, 5.41) is 6.04. The highest BCUT2D eigenvalue weighted by Crippen LogP contribution is 2.36. The molecule has 0 aliphatic carbocycles. The molecule has 0 spiro atoms. The monoisotopic (exact) mass is 1790 g/mol. The van der Waals surface area contributed by atoms with Crippen LogP contribution in [0.2, 0.25) is 0 Å². The van der Waals surface area contributed by atoms with Crippen LogP contribution in [0.5, 0.6) is 11.5 Å². The Morgan fingerprint density at radius 1 is 0.244 bits per heavy atom. The Labute approximate surface area is 798 Å². The number of unbranched alkanes of at least 4 members (excludes halogenated alkanes) is 34. The molecule has 0 saturated heterocycles. The van der Waals surface area contributed by atoms with Crippen molar-refractivity contribution < 1.29 is 9.47 Å². The maximum Gasteiger partial charge on any atom is 0.124 e. The molecule has 4 heterocycles. The van der Waals surface area contributed by atoms with E-state index in [1.165, 1.54) is 344 Å². The summed E-state index contributed by atoms with van der Waals surface area (Å²) in [6, 6.07) is 85.3. The van der Waals surface area contributed by atoms with Gasteiger partial charge >= 0.3 is 0 Å². The molecular weight excluding hydrogens is 1630 g/mol. The SMILES string of the molecule is CCCCCCCCCCCCSc1ccc2nc(-c3ccc(OCCCCCCC)cc3)sc2c1.CCCCCCCCc1ccc(-c2ccc(-c3cnc4ccccc4n3)cc2)cc1.CCCCCCCCc1ccc(-c2ccc3cc(OCCCC)ccc3c2)cc1.CCCCCCCCc1ccc2nc(-c3ccc4cc(CCCCCCCC)ccc4n3)ccc2c1. The van der Waals surface area contributed by atoms with Gasteiger partial charge in [0.2, 0.25) is 0 Å². The zero-order valence-corrected chi connectivity index (χ0v) is 83.0. The van der Waals surface area contributed by atoms with Crippen LogP contribution < -0.4 is 9.47 Å². The van der Waals surface area contributed by atoms with Gasteiger partial charge in [0.1, 0.15) is 16.5 Å². The Hall–Kier alpha value is -9.54. The van der Waals surface area contributed by atoms with Crippen molar-refractivity contribution in [3.8, 4) is 67.0 Å². The second-order valence-corrected chi connectivity index (χ2v) is 38.8. The molecule has 4 aromatic heterocycles. The lowest BCUT2D eigenvalue weighted by Gasteiger charge is -2.09. The van der Waals surface area contributed by atoms with Crippen molar-refractivity contribution in [2.45, 2.75) is 342 Å². The number of pyridine rings is 2. The Bertz CT molecular complexity index is 5390. The lowest BCUT2D eigenvalue weighted by atomic mass is 9.98. The summed E-state index contributed by atoms with van der Waals surface area (Å²) in [5.41, 5.74) is 21.0. The zero-order chi connectivity index (χ0) is 91.2. The molecule has 14 rings (SSSR count). The van der Waals surface area contributed by atoms with Crippen molar-refractivity contribution in [2.75, 3.05) is 19.0 Å². The second kappa shape index (κ2) is 60.6. The van der Waals surface area contributed by atoms with Gasteiger partial charge < -0.3 is 9.47 Å². The number of fused-ring (bicyclic) bond motifs is 5. The number of hydrogen-bond donors (Lipinski definition) is 0. The summed E-state index contributed by atoms with van der Waals surface area (Å²) in [5.74, 6) is 3.15. The van der Waals surface area contributed by atoms with Gasteiger partial charge in [0.05, 0.1) is 68.8 Å². The van der Waals surface area contributed by atoms with E-state index in [4.69, 9.17) is 29.4 Å². The van der Waals surface area contributed by atoms with Gasteiger partial charge in [-0.25, -0.2) is 19.9 Å². The molecule has 9 heteroatoms. The zero-order valence-electron chi connectivity index (χ0n) is 81.4. The van der Waals surface area contributed by atoms with Gasteiger partial charge in [0, 0.05) is 26.8 Å². The van der Waals surface area contributed by atoms with Crippen molar-refractivity contribution in [3.63, 3.8) is 0 Å². The maximum absolute atomic E-state index is 5.92. The number of thiazole rings is 1. The third-order valence-electron chi connectivity index (χ3n) is 25.6. The quantitative estimate of drug-likeness (QED) is 0.0275. The van der Waals surface area contributed by atoms with Crippen LogP contribution in [0.3, 0.4) is 0 Å². The number of ether oxygens (including phenoxy) is 2. The summed E-state index contributed by atoms with van der Waals surface area (Å²) in [7, 11) is 0. The van der Waals surface area contributed by atoms with Crippen LogP contribution in [0.1, 0.15) is 334 Å². The highest BCUT2D eigenvalue weighted by Gasteiger charge is 2.14. The standard InChI is InChI=1S/C34H44N2.C32H47NOS2.C28H30N2.C28H36O/c1-3-5-7-9-11-13-15-27-17-21-31-29(25-27)19-23-33(35-31)34-24-20-30-26-28(18-22-32(30)36-34)16-14-12-10-8-6-4-2;1-3-5-7-9-10-11-12-13-15-17-25-35-29-22-23-30-31(26-29)36-32(33-30)27-18-20-28(21-19-27)34-24-16-14-8-6-4-2;1-2-3-4-5-6-7-10-22-13-15-23(16-14-22)24-17-19-25(20-18-24)28-21-29-26-11-8-9-12-27(26)30-28;1-3-5-7-8-9-10-11-23-12-14-24(15-13-23)25-16-17-27-22-28(29-20-6-4-2)19-18-26(27)21-25/h17-26H,3-16H2,1-2H3;18-23,26H,3-17,24-25H2,1-2H3;8-9,11-21H,2-7,10H2,1H3;12-19,21-22H,3-11,20H2,1-2H3. The van der Waals surface area contributed by atoms with Gasteiger partial charge in [-0.15, -0.1) is 23.1 Å². The van der Waals surface area contributed by atoms with Crippen molar-refractivity contribution in [3.05, 3.63) is 265 Å². The van der Waals surface area contributed by atoms with Crippen LogP contribution >= 0.6 is 23.1 Å². The smallest absolute Gasteiger partial charge is 0.124 e. The van der Waals surface area contributed by atoms with E-state index in [2.05, 4.69) is 266 Å². The van der Waals surface area contributed by atoms with Gasteiger partial charge in [-0.1, -0.05) is 394 Å². The van der Waals surface area contributed by atoms with E-state index < -0.39 is 0 Å². The van der Waals surface area contributed by atoms with Crippen molar-refractivity contribution >= 4 is 76.9 Å². The van der Waals surface area contributed by atoms with Gasteiger partial charge in [-0.2, -0.15) is 0 Å². The van der Waals surface area contributed by atoms with Crippen LogP contribution in [0.15, 0.2) is 248 Å². The van der Waals surface area contributed by atoms with Gasteiger partial charge in [0.15, 0.2) is 0 Å². The van der Waals surface area contributed by atoms with E-state index in [1.54, 1.807) is 11.3 Å². The molecule has 694 valence electrons. The third-order valence-corrected chi connectivity index (χ3v) is 27.7. The molecule has 0 fully saturated rings. The van der Waals surface area contributed by atoms with E-state index in [0.29, 0.717) is 0 Å². The predicted octanol–water partition coefficient (Wildman–Crippen LogP) is 38.0. The van der Waals surface area contributed by atoms with Crippen LogP contribution in [0.25, 0.3) is 109 Å². The molecule has 131 heavy (non-hydrogen) atoms. The molecule has 14 aromatic rings.